The van der Waals surface area contributed by atoms with E-state index < -0.39 is 0 Å². The number of rotatable bonds is 8. The Hall–Kier alpha value is -3.26. The van der Waals surface area contributed by atoms with Gasteiger partial charge in [0.1, 0.15) is 6.61 Å². The largest absolute Gasteiger partial charge is 0.490 e. The zero-order chi connectivity index (χ0) is 26.6. The first kappa shape index (κ1) is 26.4. The van der Waals surface area contributed by atoms with E-state index in [-0.39, 0.29) is 17.7 Å². The topological polar surface area (TPSA) is 55.8 Å². The molecular formula is C30H23BrClNO4S. The van der Waals surface area contributed by atoms with Gasteiger partial charge in [-0.25, -0.2) is 0 Å². The lowest BCUT2D eigenvalue weighted by Gasteiger charge is -2.15. The van der Waals surface area contributed by atoms with Crippen LogP contribution >= 0.6 is 39.3 Å². The summed E-state index contributed by atoms with van der Waals surface area (Å²) in [5.41, 5.74) is 2.58. The van der Waals surface area contributed by atoms with E-state index in [1.54, 1.807) is 30.3 Å². The molecule has 0 aromatic heterocycles. The molecule has 2 amide bonds. The number of thioether (sulfide) groups is 1. The summed E-state index contributed by atoms with van der Waals surface area (Å²) in [6.45, 7) is 2.90. The Morgan fingerprint density at radius 3 is 2.42 bits per heavy atom. The first-order valence-electron chi connectivity index (χ1n) is 12.0. The van der Waals surface area contributed by atoms with Gasteiger partial charge >= 0.3 is 0 Å². The molecule has 0 N–H and O–H groups in total. The van der Waals surface area contributed by atoms with Gasteiger partial charge in [0.25, 0.3) is 11.1 Å². The molecule has 8 heteroatoms. The molecule has 1 heterocycles. The van der Waals surface area contributed by atoms with Crippen molar-refractivity contribution in [2.24, 2.45) is 0 Å². The summed E-state index contributed by atoms with van der Waals surface area (Å²) >= 11 is 10.5. The van der Waals surface area contributed by atoms with Crippen molar-refractivity contribution in [3.63, 3.8) is 0 Å². The Bertz CT molecular complexity index is 1550. The molecule has 4 aromatic carbocycles. The van der Waals surface area contributed by atoms with Crippen molar-refractivity contribution in [2.45, 2.75) is 20.1 Å². The summed E-state index contributed by atoms with van der Waals surface area (Å²) in [6.07, 6.45) is 1.70. The molecule has 1 aliphatic rings. The summed E-state index contributed by atoms with van der Waals surface area (Å²) in [5, 5.41) is 2.62. The fraction of sp³-hybridized carbons (Fsp3) is 0.133. The zero-order valence-corrected chi connectivity index (χ0v) is 23.6. The normalized spacial score (nSPS) is 14.5. The third kappa shape index (κ3) is 5.90. The molecule has 4 aromatic rings. The first-order valence-corrected chi connectivity index (χ1v) is 14.0. The van der Waals surface area contributed by atoms with Crippen molar-refractivity contribution in [1.82, 2.24) is 4.90 Å². The quantitative estimate of drug-likeness (QED) is 0.188. The highest BCUT2D eigenvalue weighted by molar-refractivity contribution is 9.10. The summed E-state index contributed by atoms with van der Waals surface area (Å²) in [5.74, 6) is 0.794. The average Bonchev–Trinajstić information content (AvgIpc) is 3.16. The van der Waals surface area contributed by atoms with E-state index in [0.717, 1.165) is 33.8 Å². The van der Waals surface area contributed by atoms with E-state index in [2.05, 4.69) is 40.2 Å². The molecule has 0 unspecified atom stereocenters. The van der Waals surface area contributed by atoms with Crippen molar-refractivity contribution >= 4 is 67.3 Å². The maximum absolute atomic E-state index is 13.0. The van der Waals surface area contributed by atoms with Crippen LogP contribution in [0.1, 0.15) is 23.6 Å². The number of carbonyl (C=O) groups is 2. The minimum absolute atomic E-state index is 0.189. The van der Waals surface area contributed by atoms with E-state index in [1.807, 2.05) is 37.3 Å². The second-order valence-electron chi connectivity index (χ2n) is 8.63. The van der Waals surface area contributed by atoms with Crippen molar-refractivity contribution < 1.29 is 19.1 Å². The highest BCUT2D eigenvalue weighted by Crippen LogP contribution is 2.40. The van der Waals surface area contributed by atoms with Crippen LogP contribution in [0.15, 0.2) is 88.2 Å². The summed E-state index contributed by atoms with van der Waals surface area (Å²) in [7, 11) is 0. The summed E-state index contributed by atoms with van der Waals surface area (Å²) in [4.78, 5) is 27.2. The smallest absolute Gasteiger partial charge is 0.293 e. The molecule has 192 valence electrons. The summed E-state index contributed by atoms with van der Waals surface area (Å²) < 4.78 is 12.7. The van der Waals surface area contributed by atoms with Gasteiger partial charge in [0.2, 0.25) is 0 Å². The maximum Gasteiger partial charge on any atom is 0.293 e. The fourth-order valence-electron chi connectivity index (χ4n) is 4.12. The van der Waals surface area contributed by atoms with Gasteiger partial charge in [-0.15, -0.1) is 0 Å². The maximum atomic E-state index is 13.0. The van der Waals surface area contributed by atoms with E-state index in [4.69, 9.17) is 21.1 Å². The average molecular weight is 609 g/mol. The van der Waals surface area contributed by atoms with Crippen LogP contribution in [-0.4, -0.2) is 22.7 Å². The Morgan fingerprint density at radius 2 is 1.66 bits per heavy atom. The monoisotopic (exact) mass is 607 g/mol. The van der Waals surface area contributed by atoms with Gasteiger partial charge in [0.05, 0.1) is 22.5 Å². The molecule has 5 nitrogen and oxygen atoms in total. The van der Waals surface area contributed by atoms with E-state index >= 15 is 0 Å². The molecule has 0 saturated carbocycles. The first-order chi connectivity index (χ1) is 18.4. The lowest BCUT2D eigenvalue weighted by atomic mass is 10.1. The number of halogens is 2. The molecular weight excluding hydrogens is 586 g/mol. The van der Waals surface area contributed by atoms with E-state index in [9.17, 15) is 9.59 Å². The predicted molar refractivity (Wildman–Crippen MR) is 157 cm³/mol. The molecule has 0 spiro atoms. The molecule has 0 bridgehead atoms. The van der Waals surface area contributed by atoms with Gasteiger partial charge in [-0.1, -0.05) is 60.1 Å². The molecule has 0 radical (unpaired) electrons. The van der Waals surface area contributed by atoms with Gasteiger partial charge in [-0.3, -0.25) is 14.5 Å². The van der Waals surface area contributed by atoms with Crippen LogP contribution in [0.4, 0.5) is 4.79 Å². The van der Waals surface area contributed by atoms with Crippen LogP contribution in [0.3, 0.4) is 0 Å². The highest BCUT2D eigenvalue weighted by atomic mass is 79.9. The fourth-order valence-corrected chi connectivity index (χ4v) is 5.66. The van der Waals surface area contributed by atoms with Crippen LogP contribution in [0, 0.1) is 0 Å². The molecule has 5 rings (SSSR count). The Morgan fingerprint density at radius 1 is 0.921 bits per heavy atom. The number of ether oxygens (including phenoxy) is 2. The molecule has 0 aliphatic carbocycles. The van der Waals surface area contributed by atoms with Crippen molar-refractivity contribution in [3.8, 4) is 11.5 Å². The SMILES string of the molecule is CCOc1cc(/C=C2\SC(=O)N(Cc3ccc(Cl)cc3)C2=O)cc(Br)c1OCc1ccc2ccccc2c1. The predicted octanol–water partition coefficient (Wildman–Crippen LogP) is 8.47. The second-order valence-corrected chi connectivity index (χ2v) is 10.9. The number of amides is 2. The van der Waals surface area contributed by atoms with Gasteiger partial charge in [0.15, 0.2) is 11.5 Å². The number of hydrogen-bond donors (Lipinski definition) is 0. The van der Waals surface area contributed by atoms with Crippen molar-refractivity contribution in [2.75, 3.05) is 6.61 Å². The number of hydrogen-bond acceptors (Lipinski definition) is 5. The Kier molecular flexibility index (Phi) is 8.07. The van der Waals surface area contributed by atoms with Crippen LogP contribution in [0.25, 0.3) is 16.8 Å². The highest BCUT2D eigenvalue weighted by Gasteiger charge is 2.35. The minimum Gasteiger partial charge on any atom is -0.490 e. The van der Waals surface area contributed by atoms with Crippen LogP contribution in [0.5, 0.6) is 11.5 Å². The molecule has 1 aliphatic heterocycles. The number of nitrogens with zero attached hydrogens (tertiary/aromatic N) is 1. The molecule has 1 fully saturated rings. The minimum atomic E-state index is -0.333. The van der Waals surface area contributed by atoms with Crippen LogP contribution in [-0.2, 0) is 17.9 Å². The van der Waals surface area contributed by atoms with Gasteiger partial charge in [-0.2, -0.15) is 0 Å². The lowest BCUT2D eigenvalue weighted by molar-refractivity contribution is -0.123. The van der Waals surface area contributed by atoms with Crippen LogP contribution < -0.4 is 9.47 Å². The molecule has 38 heavy (non-hydrogen) atoms. The third-order valence-corrected chi connectivity index (χ3v) is 7.70. The standard InChI is InChI=1S/C30H23BrClNO4S/c1-2-36-26-15-21(16-27-29(34)33(30(35)38-27)17-19-8-11-24(32)12-9-19)14-25(31)28(26)37-18-20-7-10-22-5-3-4-6-23(22)13-20/h3-16H,2,17-18H2,1H3/b27-16-. The van der Waals surface area contributed by atoms with E-state index in [0.29, 0.717) is 39.1 Å². The zero-order valence-electron chi connectivity index (χ0n) is 20.4. The van der Waals surface area contributed by atoms with Gasteiger partial charge < -0.3 is 9.47 Å². The Labute approximate surface area is 238 Å². The lowest BCUT2D eigenvalue weighted by Crippen LogP contribution is -2.27. The summed E-state index contributed by atoms with van der Waals surface area (Å²) in [6, 6.07) is 25.2. The van der Waals surface area contributed by atoms with Gasteiger partial charge in [-0.05, 0) is 98.5 Å². The second kappa shape index (κ2) is 11.6. The van der Waals surface area contributed by atoms with E-state index in [1.165, 1.54) is 10.3 Å². The third-order valence-electron chi connectivity index (χ3n) is 5.95. The Balaban J connectivity index is 1.35. The number of benzene rings is 4. The number of fused-ring (bicyclic) bond motifs is 1. The van der Waals surface area contributed by atoms with Crippen molar-refractivity contribution in [1.29, 1.82) is 0 Å². The van der Waals surface area contributed by atoms with Gasteiger partial charge in [0, 0.05) is 5.02 Å². The molecule has 1 saturated heterocycles. The van der Waals surface area contributed by atoms with Crippen molar-refractivity contribution in [3.05, 3.63) is 110 Å². The number of carbonyl (C=O) groups excluding carboxylic acids is 2. The molecule has 0 atom stereocenters. The van der Waals surface area contributed by atoms with Crippen LogP contribution in [0.2, 0.25) is 5.02 Å². The number of imide groups is 1.